The molecule has 1 unspecified atom stereocenters. The summed E-state index contributed by atoms with van der Waals surface area (Å²) in [6.45, 7) is 3.11. The summed E-state index contributed by atoms with van der Waals surface area (Å²) in [5.74, 6) is -0.351. The molecular formula is C25H25FN2O5. The molecule has 0 aliphatic carbocycles. The maximum absolute atomic E-state index is 14.0. The minimum atomic E-state index is -0.523. The van der Waals surface area contributed by atoms with Gasteiger partial charge in [-0.15, -0.1) is 0 Å². The Bertz CT molecular complexity index is 1250. The normalized spacial score (nSPS) is 18.7. The van der Waals surface area contributed by atoms with Gasteiger partial charge in [-0.3, -0.25) is 4.79 Å². The number of hydrogen-bond acceptors (Lipinski definition) is 7. The van der Waals surface area contributed by atoms with Crippen molar-refractivity contribution >= 4 is 28.5 Å². The molecule has 1 atom stereocenters. The zero-order valence-electron chi connectivity index (χ0n) is 18.4. The van der Waals surface area contributed by atoms with Crippen LogP contribution in [0.15, 0.2) is 51.7 Å². The molecule has 0 amide bonds. The molecule has 2 aliphatic heterocycles. The van der Waals surface area contributed by atoms with Gasteiger partial charge in [-0.1, -0.05) is 6.07 Å². The molecule has 3 aromatic rings. The standard InChI is InChI=1S/C25H25FN2O5/c1-31-25(30)16-12-19(21-6-3-7-28(21)18-5-2-4-17(26)14-18)24-20(13-16)22(29)15-23(33-24)27-8-10-32-11-9-27/h2,4-5,12-15,21H,3,6-11H2,1H3. The zero-order chi connectivity index (χ0) is 22.9. The van der Waals surface area contributed by atoms with Gasteiger partial charge in [0, 0.05) is 37.0 Å². The van der Waals surface area contributed by atoms with E-state index in [2.05, 4.69) is 4.90 Å². The number of hydrogen-bond donors (Lipinski definition) is 0. The average Bonchev–Trinajstić information content (AvgIpc) is 3.33. The number of halogens is 1. The Hall–Kier alpha value is -3.39. The van der Waals surface area contributed by atoms with E-state index in [0.29, 0.717) is 43.2 Å². The molecule has 8 heteroatoms. The predicted molar refractivity (Wildman–Crippen MR) is 123 cm³/mol. The van der Waals surface area contributed by atoms with E-state index in [1.165, 1.54) is 31.4 Å². The molecule has 33 heavy (non-hydrogen) atoms. The number of carbonyl (C=O) groups excluding carboxylic acids is 1. The van der Waals surface area contributed by atoms with Crippen molar-refractivity contribution < 1.29 is 23.1 Å². The number of carbonyl (C=O) groups is 1. The van der Waals surface area contributed by atoms with Crippen LogP contribution in [0.1, 0.15) is 34.8 Å². The molecule has 172 valence electrons. The molecule has 2 saturated heterocycles. The van der Waals surface area contributed by atoms with Crippen LogP contribution < -0.4 is 15.2 Å². The molecule has 0 radical (unpaired) electrons. The molecule has 2 fully saturated rings. The van der Waals surface area contributed by atoms with Gasteiger partial charge in [0.05, 0.1) is 37.3 Å². The molecule has 2 aromatic carbocycles. The van der Waals surface area contributed by atoms with E-state index in [1.807, 2.05) is 11.0 Å². The lowest BCUT2D eigenvalue weighted by Gasteiger charge is -2.29. The number of nitrogens with zero attached hydrogens (tertiary/aromatic N) is 2. The Morgan fingerprint density at radius 3 is 2.70 bits per heavy atom. The number of morpholine rings is 1. The Morgan fingerprint density at radius 2 is 1.94 bits per heavy atom. The third kappa shape index (κ3) is 4.06. The van der Waals surface area contributed by atoms with Crippen molar-refractivity contribution in [3.8, 4) is 0 Å². The Balaban J connectivity index is 1.68. The fraction of sp³-hybridized carbons (Fsp3) is 0.360. The van der Waals surface area contributed by atoms with E-state index in [-0.39, 0.29) is 22.9 Å². The van der Waals surface area contributed by atoms with Crippen LogP contribution in [0.3, 0.4) is 0 Å². The summed E-state index contributed by atoms with van der Waals surface area (Å²) in [5.41, 5.74) is 1.99. The van der Waals surface area contributed by atoms with Crippen LogP contribution in [0, 0.1) is 5.82 Å². The summed E-state index contributed by atoms with van der Waals surface area (Å²) in [4.78, 5) is 29.6. The second-order valence-corrected chi connectivity index (χ2v) is 8.31. The van der Waals surface area contributed by atoms with Crippen molar-refractivity contribution in [3.05, 3.63) is 69.6 Å². The van der Waals surface area contributed by atoms with E-state index >= 15 is 0 Å². The van der Waals surface area contributed by atoms with Gasteiger partial charge in [0.2, 0.25) is 0 Å². The lowest BCUT2D eigenvalue weighted by molar-refractivity contribution is 0.0600. The third-order valence-electron chi connectivity index (χ3n) is 6.34. The number of benzene rings is 2. The summed E-state index contributed by atoms with van der Waals surface area (Å²) < 4.78 is 30.6. The van der Waals surface area contributed by atoms with Crippen LogP contribution in [-0.2, 0) is 9.47 Å². The van der Waals surface area contributed by atoms with Gasteiger partial charge in [0.25, 0.3) is 0 Å². The van der Waals surface area contributed by atoms with E-state index in [9.17, 15) is 14.0 Å². The van der Waals surface area contributed by atoms with Gasteiger partial charge in [-0.2, -0.15) is 0 Å². The summed E-state index contributed by atoms with van der Waals surface area (Å²) in [6.07, 6.45) is 1.67. The topological polar surface area (TPSA) is 72.2 Å². The van der Waals surface area contributed by atoms with Gasteiger partial charge in [-0.25, -0.2) is 9.18 Å². The highest BCUT2D eigenvalue weighted by Crippen LogP contribution is 2.40. The Labute approximate surface area is 190 Å². The van der Waals surface area contributed by atoms with Gasteiger partial charge in [0.1, 0.15) is 11.4 Å². The average molecular weight is 452 g/mol. The number of anilines is 2. The molecule has 5 rings (SSSR count). The molecular weight excluding hydrogens is 427 g/mol. The summed E-state index contributed by atoms with van der Waals surface area (Å²) in [6, 6.07) is 11.0. The van der Waals surface area contributed by atoms with E-state index in [0.717, 1.165) is 30.6 Å². The smallest absolute Gasteiger partial charge is 0.337 e. The lowest BCUT2D eigenvalue weighted by atomic mass is 9.98. The van der Waals surface area contributed by atoms with Crippen LogP contribution in [0.5, 0.6) is 0 Å². The molecule has 7 nitrogen and oxygen atoms in total. The first-order valence-corrected chi connectivity index (χ1v) is 11.1. The van der Waals surface area contributed by atoms with E-state index in [1.54, 1.807) is 12.1 Å². The van der Waals surface area contributed by atoms with Gasteiger partial charge in [0.15, 0.2) is 11.3 Å². The molecule has 0 spiro atoms. The zero-order valence-corrected chi connectivity index (χ0v) is 18.4. The van der Waals surface area contributed by atoms with Crippen molar-refractivity contribution in [3.63, 3.8) is 0 Å². The van der Waals surface area contributed by atoms with Crippen molar-refractivity contribution in [1.82, 2.24) is 0 Å². The maximum Gasteiger partial charge on any atom is 0.337 e. The fourth-order valence-corrected chi connectivity index (χ4v) is 4.75. The Morgan fingerprint density at radius 1 is 1.12 bits per heavy atom. The lowest BCUT2D eigenvalue weighted by Crippen LogP contribution is -2.36. The van der Waals surface area contributed by atoms with Gasteiger partial charge < -0.3 is 23.7 Å². The van der Waals surface area contributed by atoms with Crippen LogP contribution in [0.25, 0.3) is 11.0 Å². The van der Waals surface area contributed by atoms with Crippen molar-refractivity contribution in [2.24, 2.45) is 0 Å². The summed E-state index contributed by atoms with van der Waals surface area (Å²) in [7, 11) is 1.31. The first-order chi connectivity index (χ1) is 16.0. The summed E-state index contributed by atoms with van der Waals surface area (Å²) >= 11 is 0. The van der Waals surface area contributed by atoms with Crippen molar-refractivity contribution in [1.29, 1.82) is 0 Å². The van der Waals surface area contributed by atoms with Crippen molar-refractivity contribution in [2.45, 2.75) is 18.9 Å². The molecule has 1 aromatic heterocycles. The summed E-state index contributed by atoms with van der Waals surface area (Å²) in [5, 5.41) is 0.330. The number of rotatable bonds is 4. The van der Waals surface area contributed by atoms with Gasteiger partial charge >= 0.3 is 5.97 Å². The molecule has 0 saturated carbocycles. The minimum Gasteiger partial charge on any atom is -0.465 e. The quantitative estimate of drug-likeness (QED) is 0.556. The first-order valence-electron chi connectivity index (χ1n) is 11.1. The monoisotopic (exact) mass is 452 g/mol. The van der Waals surface area contributed by atoms with Crippen LogP contribution >= 0.6 is 0 Å². The number of ether oxygens (including phenoxy) is 2. The highest BCUT2D eigenvalue weighted by molar-refractivity contribution is 5.95. The highest BCUT2D eigenvalue weighted by Gasteiger charge is 2.31. The molecule has 3 heterocycles. The molecule has 0 bridgehead atoms. The largest absolute Gasteiger partial charge is 0.465 e. The predicted octanol–water partition coefficient (Wildman–Crippen LogP) is 3.90. The van der Waals surface area contributed by atoms with Gasteiger partial charge in [-0.05, 0) is 43.2 Å². The minimum absolute atomic E-state index is 0.179. The molecule has 2 aliphatic rings. The first kappa shape index (κ1) is 21.5. The number of fused-ring (bicyclic) bond motifs is 1. The van der Waals surface area contributed by atoms with Crippen LogP contribution in [0.2, 0.25) is 0 Å². The molecule has 0 N–H and O–H groups in total. The third-order valence-corrected chi connectivity index (χ3v) is 6.34. The SMILES string of the molecule is COC(=O)c1cc(C2CCCN2c2cccc(F)c2)c2oc(N3CCOCC3)cc(=O)c2c1. The Kier molecular flexibility index (Phi) is 5.76. The van der Waals surface area contributed by atoms with Crippen LogP contribution in [0.4, 0.5) is 16.0 Å². The second-order valence-electron chi connectivity index (χ2n) is 8.31. The number of esters is 1. The maximum atomic E-state index is 14.0. The fourth-order valence-electron chi connectivity index (χ4n) is 4.75. The second kappa shape index (κ2) is 8.86. The van der Waals surface area contributed by atoms with Crippen molar-refractivity contribution in [2.75, 3.05) is 49.8 Å². The number of methoxy groups -OCH3 is 1. The van der Waals surface area contributed by atoms with E-state index in [4.69, 9.17) is 13.9 Å². The highest BCUT2D eigenvalue weighted by atomic mass is 19.1. The van der Waals surface area contributed by atoms with E-state index < -0.39 is 5.97 Å². The van der Waals surface area contributed by atoms with Crippen LogP contribution in [-0.4, -0.2) is 45.9 Å².